The molecule has 0 aliphatic rings. The second-order valence-electron chi connectivity index (χ2n) is 6.20. The Hall–Kier alpha value is -3.81. The molecule has 1 unspecified atom stereocenters. The number of rotatable bonds is 6. The average Bonchev–Trinajstić information content (AvgIpc) is 2.75. The molecule has 3 aromatic rings. The molecule has 3 rings (SSSR count). The maximum atomic E-state index is 12.6. The van der Waals surface area contributed by atoms with Gasteiger partial charge < -0.3 is 10.1 Å². The fourth-order valence-corrected chi connectivity index (χ4v) is 2.64. The van der Waals surface area contributed by atoms with Crippen LogP contribution in [0.1, 0.15) is 30.2 Å². The summed E-state index contributed by atoms with van der Waals surface area (Å²) in [7, 11) is 0. The van der Waals surface area contributed by atoms with E-state index < -0.39 is 17.9 Å². The summed E-state index contributed by atoms with van der Waals surface area (Å²) in [6.45, 7) is 3.61. The van der Waals surface area contributed by atoms with E-state index in [0.29, 0.717) is 16.9 Å². The van der Waals surface area contributed by atoms with Gasteiger partial charge >= 0.3 is 5.97 Å². The van der Waals surface area contributed by atoms with Gasteiger partial charge in [-0.3, -0.25) is 14.6 Å². The first-order valence-corrected chi connectivity index (χ1v) is 9.08. The van der Waals surface area contributed by atoms with Crippen LogP contribution in [0.15, 0.2) is 65.7 Å². The summed E-state index contributed by atoms with van der Waals surface area (Å²) in [5.74, 6) is -0.835. The van der Waals surface area contributed by atoms with Crippen molar-refractivity contribution in [2.75, 3.05) is 11.9 Å². The van der Waals surface area contributed by atoms with Crippen LogP contribution < -0.4 is 10.9 Å². The van der Waals surface area contributed by atoms with Gasteiger partial charge in [0.15, 0.2) is 0 Å². The van der Waals surface area contributed by atoms with Crippen molar-refractivity contribution in [3.8, 4) is 11.3 Å². The zero-order valence-corrected chi connectivity index (χ0v) is 16.0. The number of hydrogen-bond donors (Lipinski definition) is 1. The molecule has 8 nitrogen and oxygen atoms in total. The molecule has 1 amide bonds. The van der Waals surface area contributed by atoms with Gasteiger partial charge in [-0.15, -0.1) is 0 Å². The standard InChI is InChI=1S/C21H20N4O4/c1-3-29-21(28)16-4-6-17(7-5-16)23-20(27)14(2)25-19(26)9-8-18(24-25)15-10-12-22-13-11-15/h4-14H,3H2,1-2H3,(H,23,27). The van der Waals surface area contributed by atoms with Gasteiger partial charge in [-0.25, -0.2) is 9.48 Å². The smallest absolute Gasteiger partial charge is 0.338 e. The van der Waals surface area contributed by atoms with Crippen molar-refractivity contribution in [1.29, 1.82) is 0 Å². The molecule has 1 atom stereocenters. The minimum atomic E-state index is -0.839. The lowest BCUT2D eigenvalue weighted by molar-refractivity contribution is -0.119. The van der Waals surface area contributed by atoms with Gasteiger partial charge in [0.2, 0.25) is 5.91 Å². The molecule has 0 saturated carbocycles. The molecule has 0 fully saturated rings. The van der Waals surface area contributed by atoms with E-state index in [1.807, 2.05) is 0 Å². The van der Waals surface area contributed by atoms with Crippen LogP contribution in [0.4, 0.5) is 5.69 Å². The van der Waals surface area contributed by atoms with Crippen molar-refractivity contribution in [3.63, 3.8) is 0 Å². The fraction of sp³-hybridized carbons (Fsp3) is 0.190. The Morgan fingerprint density at radius 2 is 1.76 bits per heavy atom. The molecule has 2 aromatic heterocycles. The Morgan fingerprint density at radius 3 is 2.41 bits per heavy atom. The first-order valence-electron chi connectivity index (χ1n) is 9.08. The van der Waals surface area contributed by atoms with Crippen LogP contribution in [0, 0.1) is 0 Å². The molecule has 148 valence electrons. The average molecular weight is 392 g/mol. The first-order chi connectivity index (χ1) is 14.0. The van der Waals surface area contributed by atoms with Crippen molar-refractivity contribution in [1.82, 2.24) is 14.8 Å². The zero-order chi connectivity index (χ0) is 20.8. The van der Waals surface area contributed by atoms with Gasteiger partial charge in [-0.2, -0.15) is 5.10 Å². The van der Waals surface area contributed by atoms with Crippen molar-refractivity contribution >= 4 is 17.6 Å². The molecule has 0 radical (unpaired) electrons. The number of nitrogens with one attached hydrogen (secondary N) is 1. The topological polar surface area (TPSA) is 103 Å². The molecule has 29 heavy (non-hydrogen) atoms. The zero-order valence-electron chi connectivity index (χ0n) is 16.0. The molecule has 1 N–H and O–H groups in total. The highest BCUT2D eigenvalue weighted by molar-refractivity contribution is 5.94. The van der Waals surface area contributed by atoms with E-state index in [0.717, 1.165) is 10.2 Å². The Balaban J connectivity index is 1.76. The number of nitrogens with zero attached hydrogens (tertiary/aromatic N) is 3. The van der Waals surface area contributed by atoms with Gasteiger partial charge in [-0.05, 0) is 56.3 Å². The third-order valence-corrected chi connectivity index (χ3v) is 4.21. The summed E-state index contributed by atoms with van der Waals surface area (Å²) in [5.41, 5.74) is 1.85. The Bertz CT molecular complexity index is 1060. The Labute approximate surface area is 167 Å². The van der Waals surface area contributed by atoms with Crippen molar-refractivity contribution in [2.24, 2.45) is 0 Å². The quantitative estimate of drug-likeness (QED) is 0.647. The maximum Gasteiger partial charge on any atom is 0.338 e. The first kappa shape index (κ1) is 19.9. The second-order valence-corrected chi connectivity index (χ2v) is 6.20. The van der Waals surface area contributed by atoms with Crippen LogP contribution in [0.25, 0.3) is 11.3 Å². The van der Waals surface area contributed by atoms with Gasteiger partial charge in [0.1, 0.15) is 6.04 Å². The number of esters is 1. The van der Waals surface area contributed by atoms with Gasteiger partial charge in [0, 0.05) is 29.7 Å². The number of ether oxygens (including phenoxy) is 1. The SMILES string of the molecule is CCOC(=O)c1ccc(NC(=O)C(C)n2nc(-c3ccncc3)ccc2=O)cc1. The van der Waals surface area contributed by atoms with E-state index in [1.54, 1.807) is 68.7 Å². The molecule has 0 aliphatic carbocycles. The number of carbonyl (C=O) groups is 2. The molecule has 8 heteroatoms. The largest absolute Gasteiger partial charge is 0.462 e. The lowest BCUT2D eigenvalue weighted by atomic mass is 10.2. The number of carbonyl (C=O) groups excluding carboxylic acids is 2. The second kappa shape index (κ2) is 8.92. The molecule has 0 spiro atoms. The van der Waals surface area contributed by atoms with Gasteiger partial charge in [0.25, 0.3) is 5.56 Å². The minimum absolute atomic E-state index is 0.287. The fourth-order valence-electron chi connectivity index (χ4n) is 2.64. The molecular formula is C21H20N4O4. The van der Waals surface area contributed by atoms with Crippen LogP contribution in [-0.2, 0) is 9.53 Å². The van der Waals surface area contributed by atoms with E-state index in [9.17, 15) is 14.4 Å². The van der Waals surface area contributed by atoms with Crippen molar-refractivity contribution in [2.45, 2.75) is 19.9 Å². The number of amides is 1. The number of pyridine rings is 1. The van der Waals surface area contributed by atoms with Crippen molar-refractivity contribution in [3.05, 3.63) is 76.8 Å². The van der Waals surface area contributed by atoms with Crippen LogP contribution in [0.5, 0.6) is 0 Å². The van der Waals surface area contributed by atoms with Gasteiger partial charge in [0.05, 0.1) is 17.9 Å². The van der Waals surface area contributed by atoms with Crippen LogP contribution in [-0.4, -0.2) is 33.2 Å². The summed E-state index contributed by atoms with van der Waals surface area (Å²) in [6.07, 6.45) is 3.26. The van der Waals surface area contributed by atoms with Gasteiger partial charge in [-0.1, -0.05) is 0 Å². The van der Waals surface area contributed by atoms with E-state index >= 15 is 0 Å². The molecule has 0 bridgehead atoms. The lowest BCUT2D eigenvalue weighted by Crippen LogP contribution is -2.33. The summed E-state index contributed by atoms with van der Waals surface area (Å²) in [5, 5.41) is 7.04. The minimum Gasteiger partial charge on any atom is -0.462 e. The number of aromatic nitrogens is 3. The van der Waals surface area contributed by atoms with Crippen molar-refractivity contribution < 1.29 is 14.3 Å². The normalized spacial score (nSPS) is 11.5. The molecule has 0 aliphatic heterocycles. The highest BCUT2D eigenvalue weighted by Gasteiger charge is 2.18. The molecule has 2 heterocycles. The number of benzene rings is 1. The summed E-state index contributed by atoms with van der Waals surface area (Å²) < 4.78 is 6.07. The third kappa shape index (κ3) is 4.73. The predicted molar refractivity (Wildman–Crippen MR) is 107 cm³/mol. The molecule has 0 saturated heterocycles. The molecule has 1 aromatic carbocycles. The number of hydrogen-bond acceptors (Lipinski definition) is 6. The van der Waals surface area contributed by atoms with E-state index in [4.69, 9.17) is 4.74 Å². The highest BCUT2D eigenvalue weighted by Crippen LogP contribution is 2.16. The Morgan fingerprint density at radius 1 is 1.07 bits per heavy atom. The summed E-state index contributed by atoms with van der Waals surface area (Å²) >= 11 is 0. The maximum absolute atomic E-state index is 12.6. The summed E-state index contributed by atoms with van der Waals surface area (Å²) in [6, 6.07) is 12.0. The van der Waals surface area contributed by atoms with Crippen LogP contribution >= 0.6 is 0 Å². The highest BCUT2D eigenvalue weighted by atomic mass is 16.5. The third-order valence-electron chi connectivity index (χ3n) is 4.21. The number of anilines is 1. The van der Waals surface area contributed by atoms with Crippen LogP contribution in [0.3, 0.4) is 0 Å². The van der Waals surface area contributed by atoms with E-state index in [1.165, 1.54) is 6.07 Å². The van der Waals surface area contributed by atoms with E-state index in [-0.39, 0.29) is 12.2 Å². The molecular weight excluding hydrogens is 372 g/mol. The summed E-state index contributed by atoms with van der Waals surface area (Å²) in [4.78, 5) is 40.5. The Kier molecular flexibility index (Phi) is 6.13. The lowest BCUT2D eigenvalue weighted by Gasteiger charge is -2.15. The van der Waals surface area contributed by atoms with E-state index in [2.05, 4.69) is 15.4 Å². The predicted octanol–water partition coefficient (Wildman–Crippen LogP) is 2.68. The monoisotopic (exact) mass is 392 g/mol. The van der Waals surface area contributed by atoms with Crippen LogP contribution in [0.2, 0.25) is 0 Å².